The Labute approximate surface area is 109 Å². The second-order valence-electron chi connectivity index (χ2n) is 4.50. The Balaban J connectivity index is 2.38. The molecule has 0 unspecified atom stereocenters. The molecule has 1 aliphatic rings. The fourth-order valence-corrected chi connectivity index (χ4v) is 2.25. The molecule has 0 aromatic heterocycles. The number of anilines is 1. The van der Waals surface area contributed by atoms with Gasteiger partial charge < -0.3 is 15.1 Å². The van der Waals surface area contributed by atoms with E-state index in [2.05, 4.69) is 0 Å². The average molecular weight is 263 g/mol. The fraction of sp³-hybridized carbons (Fsp3) is 0.308. The van der Waals surface area contributed by atoms with E-state index in [9.17, 15) is 14.4 Å². The molecule has 1 aromatic carbocycles. The summed E-state index contributed by atoms with van der Waals surface area (Å²) in [6.45, 7) is 1.69. The summed E-state index contributed by atoms with van der Waals surface area (Å²) in [6, 6.07) is 4.63. The Kier molecular flexibility index (Phi) is 3.25. The molecule has 1 saturated heterocycles. The van der Waals surface area contributed by atoms with Crippen LogP contribution in [0.1, 0.15) is 22.3 Å². The summed E-state index contributed by atoms with van der Waals surface area (Å²) in [5.74, 6) is -3.11. The van der Waals surface area contributed by atoms with Gasteiger partial charge in [0.25, 0.3) is 0 Å². The summed E-state index contributed by atoms with van der Waals surface area (Å²) < 4.78 is 0. The van der Waals surface area contributed by atoms with Crippen LogP contribution in [0.15, 0.2) is 18.2 Å². The molecule has 1 heterocycles. The van der Waals surface area contributed by atoms with Gasteiger partial charge in [-0.25, -0.2) is 4.79 Å². The number of aromatic carboxylic acids is 1. The number of carboxylic acid groups (broad SMARTS) is 2. The van der Waals surface area contributed by atoms with E-state index in [1.54, 1.807) is 19.1 Å². The molecule has 19 heavy (non-hydrogen) atoms. The maximum atomic E-state index is 11.8. The van der Waals surface area contributed by atoms with Gasteiger partial charge in [-0.2, -0.15) is 0 Å². The highest BCUT2D eigenvalue weighted by atomic mass is 16.4. The Morgan fingerprint density at radius 1 is 1.32 bits per heavy atom. The SMILES string of the molecule is Cc1c(C(=O)O)cccc1N1C[C@H](C(=O)O)CC1=O. The minimum Gasteiger partial charge on any atom is -0.481 e. The van der Waals surface area contributed by atoms with Crippen LogP contribution in [-0.2, 0) is 9.59 Å². The molecular weight excluding hydrogens is 250 g/mol. The lowest BCUT2D eigenvalue weighted by Gasteiger charge is -2.19. The van der Waals surface area contributed by atoms with E-state index < -0.39 is 17.9 Å². The first kappa shape index (κ1) is 13.1. The second kappa shape index (κ2) is 4.72. The summed E-state index contributed by atoms with van der Waals surface area (Å²) in [7, 11) is 0. The molecule has 0 radical (unpaired) electrons. The first-order chi connectivity index (χ1) is 8.91. The quantitative estimate of drug-likeness (QED) is 0.852. The molecule has 100 valence electrons. The molecule has 1 aliphatic heterocycles. The van der Waals surface area contributed by atoms with Crippen LogP contribution in [0.4, 0.5) is 5.69 Å². The van der Waals surface area contributed by atoms with Crippen molar-refractivity contribution < 1.29 is 24.6 Å². The summed E-state index contributed by atoms with van der Waals surface area (Å²) in [6.07, 6.45) is -0.0495. The molecule has 0 bridgehead atoms. The van der Waals surface area contributed by atoms with Crippen LogP contribution < -0.4 is 4.90 Å². The van der Waals surface area contributed by atoms with Crippen molar-refractivity contribution in [2.75, 3.05) is 11.4 Å². The lowest BCUT2D eigenvalue weighted by atomic mass is 10.1. The number of benzene rings is 1. The molecule has 1 atom stereocenters. The number of hydrogen-bond donors (Lipinski definition) is 2. The number of nitrogens with zero attached hydrogens (tertiary/aromatic N) is 1. The predicted molar refractivity (Wildman–Crippen MR) is 66.2 cm³/mol. The van der Waals surface area contributed by atoms with E-state index in [0.29, 0.717) is 11.3 Å². The van der Waals surface area contributed by atoms with Crippen molar-refractivity contribution in [3.05, 3.63) is 29.3 Å². The molecule has 2 rings (SSSR count). The Bertz CT molecular complexity index is 566. The molecule has 6 nitrogen and oxygen atoms in total. The van der Waals surface area contributed by atoms with E-state index in [0.717, 1.165) is 0 Å². The minimum absolute atomic E-state index is 0.0495. The molecule has 6 heteroatoms. The summed E-state index contributed by atoms with van der Waals surface area (Å²) >= 11 is 0. The van der Waals surface area contributed by atoms with E-state index in [-0.39, 0.29) is 24.4 Å². The molecule has 2 N–H and O–H groups in total. The van der Waals surface area contributed by atoms with Gasteiger partial charge in [0, 0.05) is 18.7 Å². The molecule has 1 amide bonds. The zero-order valence-corrected chi connectivity index (χ0v) is 10.3. The second-order valence-corrected chi connectivity index (χ2v) is 4.50. The van der Waals surface area contributed by atoms with Crippen molar-refractivity contribution in [1.82, 2.24) is 0 Å². The third kappa shape index (κ3) is 2.29. The first-order valence-corrected chi connectivity index (χ1v) is 5.78. The lowest BCUT2D eigenvalue weighted by molar-refractivity contribution is -0.141. The van der Waals surface area contributed by atoms with Gasteiger partial charge in [0.05, 0.1) is 11.5 Å². The Morgan fingerprint density at radius 2 is 2.00 bits per heavy atom. The maximum Gasteiger partial charge on any atom is 0.336 e. The van der Waals surface area contributed by atoms with Gasteiger partial charge in [-0.3, -0.25) is 9.59 Å². The number of hydrogen-bond acceptors (Lipinski definition) is 3. The molecule has 0 saturated carbocycles. The highest BCUT2D eigenvalue weighted by molar-refractivity contribution is 6.01. The fourth-order valence-electron chi connectivity index (χ4n) is 2.25. The molecule has 0 spiro atoms. The lowest BCUT2D eigenvalue weighted by Crippen LogP contribution is -2.27. The third-order valence-electron chi connectivity index (χ3n) is 3.30. The number of carbonyl (C=O) groups is 3. The number of carboxylic acids is 2. The van der Waals surface area contributed by atoms with Crippen LogP contribution in [0.25, 0.3) is 0 Å². The predicted octanol–water partition coefficient (Wildman–Crippen LogP) is 1.13. The van der Waals surface area contributed by atoms with Crippen molar-refractivity contribution in [2.45, 2.75) is 13.3 Å². The zero-order valence-electron chi connectivity index (χ0n) is 10.3. The standard InChI is InChI=1S/C13H13NO5/c1-7-9(13(18)19)3-2-4-10(7)14-6-8(12(16)17)5-11(14)15/h2-4,8H,5-6H2,1H3,(H,16,17)(H,18,19)/t8-/m1/s1. The van der Waals surface area contributed by atoms with Crippen LogP contribution in [0.5, 0.6) is 0 Å². The van der Waals surface area contributed by atoms with E-state index in [4.69, 9.17) is 10.2 Å². The molecule has 1 aromatic rings. The van der Waals surface area contributed by atoms with Crippen LogP contribution in [0, 0.1) is 12.8 Å². The highest BCUT2D eigenvalue weighted by Crippen LogP contribution is 2.29. The monoisotopic (exact) mass is 263 g/mol. The number of rotatable bonds is 3. The third-order valence-corrected chi connectivity index (χ3v) is 3.30. The van der Waals surface area contributed by atoms with Crippen molar-refractivity contribution >= 4 is 23.5 Å². The number of carbonyl (C=O) groups excluding carboxylic acids is 1. The van der Waals surface area contributed by atoms with E-state index in [1.807, 2.05) is 0 Å². The van der Waals surface area contributed by atoms with Gasteiger partial charge in [-0.05, 0) is 24.6 Å². The van der Waals surface area contributed by atoms with Gasteiger partial charge in [0.1, 0.15) is 0 Å². The van der Waals surface area contributed by atoms with Gasteiger partial charge in [-0.1, -0.05) is 6.07 Å². The van der Waals surface area contributed by atoms with Crippen LogP contribution in [0.3, 0.4) is 0 Å². The summed E-state index contributed by atoms with van der Waals surface area (Å²) in [5, 5.41) is 18.0. The number of aliphatic carboxylic acids is 1. The maximum absolute atomic E-state index is 11.8. The van der Waals surface area contributed by atoms with Gasteiger partial charge in [0.15, 0.2) is 0 Å². The highest BCUT2D eigenvalue weighted by Gasteiger charge is 2.35. The summed E-state index contributed by atoms with van der Waals surface area (Å²) in [4.78, 5) is 35.1. The van der Waals surface area contributed by atoms with E-state index >= 15 is 0 Å². The summed E-state index contributed by atoms with van der Waals surface area (Å²) in [5.41, 5.74) is 1.05. The zero-order chi connectivity index (χ0) is 14.2. The van der Waals surface area contributed by atoms with Crippen molar-refractivity contribution in [3.63, 3.8) is 0 Å². The first-order valence-electron chi connectivity index (χ1n) is 5.78. The normalized spacial score (nSPS) is 18.7. The minimum atomic E-state index is -1.07. The Hall–Kier alpha value is -2.37. The van der Waals surface area contributed by atoms with Gasteiger partial charge in [0.2, 0.25) is 5.91 Å². The average Bonchev–Trinajstić information content (AvgIpc) is 2.71. The molecular formula is C13H13NO5. The van der Waals surface area contributed by atoms with Crippen LogP contribution in [-0.4, -0.2) is 34.6 Å². The van der Waals surface area contributed by atoms with Gasteiger partial charge in [-0.15, -0.1) is 0 Å². The van der Waals surface area contributed by atoms with Crippen LogP contribution in [0.2, 0.25) is 0 Å². The smallest absolute Gasteiger partial charge is 0.336 e. The molecule has 0 aliphatic carbocycles. The van der Waals surface area contributed by atoms with E-state index in [1.165, 1.54) is 11.0 Å². The van der Waals surface area contributed by atoms with Crippen LogP contribution >= 0.6 is 0 Å². The van der Waals surface area contributed by atoms with Gasteiger partial charge >= 0.3 is 11.9 Å². The number of amides is 1. The Morgan fingerprint density at radius 3 is 2.53 bits per heavy atom. The van der Waals surface area contributed by atoms with Crippen molar-refractivity contribution in [2.24, 2.45) is 5.92 Å². The van der Waals surface area contributed by atoms with Crippen molar-refractivity contribution in [1.29, 1.82) is 0 Å². The molecule has 1 fully saturated rings. The van der Waals surface area contributed by atoms with Crippen molar-refractivity contribution in [3.8, 4) is 0 Å². The topological polar surface area (TPSA) is 94.9 Å². The largest absolute Gasteiger partial charge is 0.481 e.